The molecule has 0 heterocycles. The lowest BCUT2D eigenvalue weighted by molar-refractivity contribution is 0.0770. The molecular formula is C13H25N. The lowest BCUT2D eigenvalue weighted by Gasteiger charge is -2.43. The molecule has 2 saturated carbocycles. The molecule has 0 spiro atoms. The van der Waals surface area contributed by atoms with Gasteiger partial charge in [-0.15, -0.1) is 0 Å². The van der Waals surface area contributed by atoms with E-state index in [9.17, 15) is 0 Å². The van der Waals surface area contributed by atoms with E-state index in [4.69, 9.17) is 5.73 Å². The maximum absolute atomic E-state index is 5.90. The molecule has 0 radical (unpaired) electrons. The third-order valence-electron chi connectivity index (χ3n) is 4.79. The maximum atomic E-state index is 5.90. The van der Waals surface area contributed by atoms with Gasteiger partial charge in [0, 0.05) is 0 Å². The lowest BCUT2D eigenvalue weighted by atomic mass is 9.62. The van der Waals surface area contributed by atoms with Gasteiger partial charge < -0.3 is 5.73 Å². The van der Waals surface area contributed by atoms with Crippen LogP contribution in [0.5, 0.6) is 0 Å². The monoisotopic (exact) mass is 195 g/mol. The van der Waals surface area contributed by atoms with Crippen molar-refractivity contribution in [3.8, 4) is 0 Å². The Morgan fingerprint density at radius 1 is 1.14 bits per heavy atom. The van der Waals surface area contributed by atoms with Crippen molar-refractivity contribution in [3.05, 3.63) is 0 Å². The van der Waals surface area contributed by atoms with Crippen LogP contribution < -0.4 is 5.73 Å². The number of hydrogen-bond donors (Lipinski definition) is 1. The average Bonchev–Trinajstić information content (AvgIpc) is 2.15. The minimum atomic E-state index is 0.864. The first-order chi connectivity index (χ1) is 6.85. The molecule has 14 heavy (non-hydrogen) atoms. The normalized spacial score (nSPS) is 39.4. The highest BCUT2D eigenvalue weighted by atomic mass is 14.6. The molecule has 0 saturated heterocycles. The van der Waals surface area contributed by atoms with Crippen molar-refractivity contribution in [2.75, 3.05) is 6.54 Å². The standard InChI is InChI=1S/C13H25N/c1-2-10-6-7-12(9-14)13(8-10)11-4-3-5-11/h10-13H,2-9,14H2,1H3. The molecule has 0 aromatic carbocycles. The van der Waals surface area contributed by atoms with Crippen molar-refractivity contribution >= 4 is 0 Å². The number of nitrogens with two attached hydrogens (primary N) is 1. The van der Waals surface area contributed by atoms with Crippen molar-refractivity contribution in [1.29, 1.82) is 0 Å². The van der Waals surface area contributed by atoms with Gasteiger partial charge in [0.2, 0.25) is 0 Å². The third-order valence-corrected chi connectivity index (χ3v) is 4.79. The Labute approximate surface area is 88.4 Å². The largest absolute Gasteiger partial charge is 0.330 e. The molecule has 0 amide bonds. The average molecular weight is 195 g/mol. The highest BCUT2D eigenvalue weighted by Gasteiger charge is 2.36. The van der Waals surface area contributed by atoms with E-state index >= 15 is 0 Å². The minimum absolute atomic E-state index is 0.864. The van der Waals surface area contributed by atoms with Crippen LogP contribution in [0.15, 0.2) is 0 Å². The molecule has 1 heteroatoms. The van der Waals surface area contributed by atoms with Crippen molar-refractivity contribution in [2.45, 2.75) is 51.9 Å². The summed E-state index contributed by atoms with van der Waals surface area (Å²) in [4.78, 5) is 0. The van der Waals surface area contributed by atoms with Crippen molar-refractivity contribution in [2.24, 2.45) is 29.4 Å². The van der Waals surface area contributed by atoms with E-state index in [0.717, 1.165) is 30.2 Å². The van der Waals surface area contributed by atoms with E-state index in [-0.39, 0.29) is 0 Å². The second-order valence-corrected chi connectivity index (χ2v) is 5.44. The fourth-order valence-corrected chi connectivity index (χ4v) is 3.47. The van der Waals surface area contributed by atoms with Crippen LogP contribution in [0.25, 0.3) is 0 Å². The Morgan fingerprint density at radius 2 is 1.93 bits per heavy atom. The van der Waals surface area contributed by atoms with Gasteiger partial charge in [0.1, 0.15) is 0 Å². The van der Waals surface area contributed by atoms with Crippen LogP contribution in [0.2, 0.25) is 0 Å². The zero-order valence-corrected chi connectivity index (χ0v) is 9.54. The van der Waals surface area contributed by atoms with E-state index in [0.29, 0.717) is 0 Å². The summed E-state index contributed by atoms with van der Waals surface area (Å²) >= 11 is 0. The Balaban J connectivity index is 1.93. The predicted octanol–water partition coefficient (Wildman–Crippen LogP) is 3.19. The molecule has 2 fully saturated rings. The van der Waals surface area contributed by atoms with Gasteiger partial charge in [-0.1, -0.05) is 39.0 Å². The fourth-order valence-electron chi connectivity index (χ4n) is 3.47. The molecule has 0 aromatic heterocycles. The van der Waals surface area contributed by atoms with Gasteiger partial charge in [0.15, 0.2) is 0 Å². The quantitative estimate of drug-likeness (QED) is 0.735. The SMILES string of the molecule is CCC1CCC(CN)C(C2CCC2)C1. The van der Waals surface area contributed by atoms with Gasteiger partial charge in [0.25, 0.3) is 0 Å². The zero-order valence-electron chi connectivity index (χ0n) is 9.54. The van der Waals surface area contributed by atoms with Crippen LogP contribution in [0.1, 0.15) is 51.9 Å². The van der Waals surface area contributed by atoms with Gasteiger partial charge in [0.05, 0.1) is 0 Å². The van der Waals surface area contributed by atoms with E-state index in [1.807, 2.05) is 0 Å². The molecule has 1 nitrogen and oxygen atoms in total. The Morgan fingerprint density at radius 3 is 2.43 bits per heavy atom. The number of rotatable bonds is 3. The summed E-state index contributed by atoms with van der Waals surface area (Å²) in [6.45, 7) is 3.29. The first-order valence-electron chi connectivity index (χ1n) is 6.55. The maximum Gasteiger partial charge on any atom is -0.00461 e. The summed E-state index contributed by atoms with van der Waals surface area (Å²) in [5.41, 5.74) is 5.90. The summed E-state index contributed by atoms with van der Waals surface area (Å²) in [5, 5.41) is 0. The smallest absolute Gasteiger partial charge is 0.00461 e. The molecule has 0 aromatic rings. The molecule has 2 rings (SSSR count). The van der Waals surface area contributed by atoms with Gasteiger partial charge in [-0.05, 0) is 43.1 Å². The molecule has 3 unspecified atom stereocenters. The Kier molecular flexibility index (Phi) is 3.48. The first-order valence-corrected chi connectivity index (χ1v) is 6.55. The molecule has 2 aliphatic rings. The third kappa shape index (κ3) is 1.98. The summed E-state index contributed by atoms with van der Waals surface area (Å²) in [7, 11) is 0. The topological polar surface area (TPSA) is 26.0 Å². The fraction of sp³-hybridized carbons (Fsp3) is 1.00. The second kappa shape index (κ2) is 4.65. The zero-order chi connectivity index (χ0) is 9.97. The van der Waals surface area contributed by atoms with Crippen LogP contribution in [-0.4, -0.2) is 6.54 Å². The van der Waals surface area contributed by atoms with Crippen LogP contribution in [0, 0.1) is 23.7 Å². The summed E-state index contributed by atoms with van der Waals surface area (Å²) < 4.78 is 0. The molecule has 2 N–H and O–H groups in total. The van der Waals surface area contributed by atoms with Crippen molar-refractivity contribution in [3.63, 3.8) is 0 Å². The molecule has 82 valence electrons. The van der Waals surface area contributed by atoms with Crippen molar-refractivity contribution in [1.82, 2.24) is 0 Å². The van der Waals surface area contributed by atoms with Gasteiger partial charge in [-0.25, -0.2) is 0 Å². The molecule has 3 atom stereocenters. The summed E-state index contributed by atoms with van der Waals surface area (Å²) in [5.74, 6) is 3.93. The van der Waals surface area contributed by atoms with E-state index < -0.39 is 0 Å². The molecule has 2 aliphatic carbocycles. The highest BCUT2D eigenvalue weighted by Crippen LogP contribution is 2.45. The molecular weight excluding hydrogens is 170 g/mol. The molecule has 0 aliphatic heterocycles. The lowest BCUT2D eigenvalue weighted by Crippen LogP contribution is -2.37. The van der Waals surface area contributed by atoms with Gasteiger partial charge >= 0.3 is 0 Å². The summed E-state index contributed by atoms with van der Waals surface area (Å²) in [6.07, 6.45) is 10.2. The van der Waals surface area contributed by atoms with Crippen molar-refractivity contribution < 1.29 is 0 Å². The first kappa shape index (κ1) is 10.5. The van der Waals surface area contributed by atoms with Gasteiger partial charge in [-0.3, -0.25) is 0 Å². The van der Waals surface area contributed by atoms with Crippen LogP contribution in [0.4, 0.5) is 0 Å². The van der Waals surface area contributed by atoms with E-state index in [2.05, 4.69) is 6.92 Å². The number of hydrogen-bond acceptors (Lipinski definition) is 1. The van der Waals surface area contributed by atoms with Gasteiger partial charge in [-0.2, -0.15) is 0 Å². The minimum Gasteiger partial charge on any atom is -0.330 e. The van der Waals surface area contributed by atoms with Crippen LogP contribution >= 0.6 is 0 Å². The summed E-state index contributed by atoms with van der Waals surface area (Å²) in [6, 6.07) is 0. The van der Waals surface area contributed by atoms with Crippen LogP contribution in [0.3, 0.4) is 0 Å². The second-order valence-electron chi connectivity index (χ2n) is 5.44. The predicted molar refractivity (Wildman–Crippen MR) is 61.0 cm³/mol. The molecule has 0 bridgehead atoms. The highest BCUT2D eigenvalue weighted by molar-refractivity contribution is 4.87. The van der Waals surface area contributed by atoms with Crippen LogP contribution in [-0.2, 0) is 0 Å². The van der Waals surface area contributed by atoms with E-state index in [1.54, 1.807) is 0 Å². The Bertz CT molecular complexity index is 174. The Hall–Kier alpha value is -0.0400. The van der Waals surface area contributed by atoms with E-state index in [1.165, 1.54) is 44.9 Å².